The molecular formula is C15H19FN4. The van der Waals surface area contributed by atoms with Crippen LogP contribution >= 0.6 is 0 Å². The molecule has 0 bridgehead atoms. The predicted octanol–water partition coefficient (Wildman–Crippen LogP) is 3.33. The minimum absolute atomic E-state index is 0.0399. The number of alkyl halides is 1. The second-order valence-corrected chi connectivity index (χ2v) is 6.16. The highest BCUT2D eigenvalue weighted by molar-refractivity contribution is 5.61. The molecule has 4 nitrogen and oxygen atoms in total. The summed E-state index contributed by atoms with van der Waals surface area (Å²) < 4.78 is 13.5. The Labute approximate surface area is 118 Å². The lowest BCUT2D eigenvalue weighted by molar-refractivity contribution is 0.0193. The molecule has 3 rings (SSSR count). The molecule has 1 aromatic heterocycles. The average Bonchev–Trinajstić information content (AvgIpc) is 2.79. The summed E-state index contributed by atoms with van der Waals surface area (Å²) in [4.78, 5) is 1.56. The van der Waals surface area contributed by atoms with Crippen LogP contribution in [0.15, 0.2) is 12.1 Å². The van der Waals surface area contributed by atoms with Crippen LogP contribution in [-0.2, 0) is 0 Å². The van der Waals surface area contributed by atoms with Crippen LogP contribution < -0.4 is 0 Å². The van der Waals surface area contributed by atoms with Crippen molar-refractivity contribution in [1.82, 2.24) is 20.2 Å². The molecule has 0 N–H and O–H groups in total. The van der Waals surface area contributed by atoms with E-state index in [-0.39, 0.29) is 6.04 Å². The molecule has 20 heavy (non-hydrogen) atoms. The predicted molar refractivity (Wildman–Crippen MR) is 75.2 cm³/mol. The SMILES string of the molecule is Cc1cc(C)c(-c2nnn(C3CC(C)(F)C3)n2)cc1C. The Hall–Kier alpha value is -1.78. The first-order chi connectivity index (χ1) is 9.35. The second-order valence-electron chi connectivity index (χ2n) is 6.16. The van der Waals surface area contributed by atoms with Crippen molar-refractivity contribution in [1.29, 1.82) is 0 Å². The van der Waals surface area contributed by atoms with Gasteiger partial charge in [0, 0.05) is 18.4 Å². The quantitative estimate of drug-likeness (QED) is 0.843. The van der Waals surface area contributed by atoms with Gasteiger partial charge in [0.2, 0.25) is 5.82 Å². The smallest absolute Gasteiger partial charge is 0.205 e. The molecule has 1 heterocycles. The Morgan fingerprint density at radius 1 is 1.15 bits per heavy atom. The summed E-state index contributed by atoms with van der Waals surface area (Å²) in [5.41, 5.74) is 3.53. The number of nitrogens with zero attached hydrogens (tertiary/aromatic N) is 4. The highest BCUT2D eigenvalue weighted by Gasteiger charge is 2.43. The van der Waals surface area contributed by atoms with Crippen LogP contribution in [0.4, 0.5) is 4.39 Å². The van der Waals surface area contributed by atoms with E-state index in [0.717, 1.165) is 11.1 Å². The van der Waals surface area contributed by atoms with E-state index in [0.29, 0.717) is 18.7 Å². The molecule has 0 spiro atoms. The maximum atomic E-state index is 13.5. The molecule has 1 aliphatic rings. The van der Waals surface area contributed by atoms with E-state index in [4.69, 9.17) is 0 Å². The van der Waals surface area contributed by atoms with Crippen molar-refractivity contribution >= 4 is 0 Å². The first-order valence-corrected chi connectivity index (χ1v) is 6.92. The van der Waals surface area contributed by atoms with Crippen LogP contribution in [0.25, 0.3) is 11.4 Å². The highest BCUT2D eigenvalue weighted by Crippen LogP contribution is 2.43. The zero-order valence-corrected chi connectivity index (χ0v) is 12.3. The Morgan fingerprint density at radius 3 is 2.45 bits per heavy atom. The fourth-order valence-corrected chi connectivity index (χ4v) is 2.78. The lowest BCUT2D eigenvalue weighted by atomic mass is 9.79. The average molecular weight is 274 g/mol. The molecule has 0 atom stereocenters. The third-order valence-electron chi connectivity index (χ3n) is 4.16. The maximum absolute atomic E-state index is 13.5. The number of halogens is 1. The van der Waals surface area contributed by atoms with Crippen molar-refractivity contribution in [2.75, 3.05) is 0 Å². The molecule has 1 aromatic carbocycles. The van der Waals surface area contributed by atoms with E-state index in [1.165, 1.54) is 11.1 Å². The summed E-state index contributed by atoms with van der Waals surface area (Å²) in [5.74, 6) is 0.623. The third-order valence-corrected chi connectivity index (χ3v) is 4.16. The minimum Gasteiger partial charge on any atom is -0.244 e. The molecule has 0 aliphatic heterocycles. The van der Waals surface area contributed by atoms with Crippen LogP contribution in [0.3, 0.4) is 0 Å². The van der Waals surface area contributed by atoms with Crippen LogP contribution in [-0.4, -0.2) is 25.9 Å². The maximum Gasteiger partial charge on any atom is 0.205 e. The van der Waals surface area contributed by atoms with E-state index >= 15 is 0 Å². The van der Waals surface area contributed by atoms with Crippen molar-refractivity contribution in [2.45, 2.75) is 52.2 Å². The molecule has 5 heteroatoms. The van der Waals surface area contributed by atoms with Gasteiger partial charge < -0.3 is 0 Å². The van der Waals surface area contributed by atoms with Gasteiger partial charge in [0.15, 0.2) is 0 Å². The van der Waals surface area contributed by atoms with Crippen molar-refractivity contribution in [3.63, 3.8) is 0 Å². The molecule has 0 saturated heterocycles. The molecule has 0 unspecified atom stereocenters. The fourth-order valence-electron chi connectivity index (χ4n) is 2.78. The van der Waals surface area contributed by atoms with E-state index in [1.807, 2.05) is 6.92 Å². The molecular weight excluding hydrogens is 255 g/mol. The number of rotatable bonds is 2. The van der Waals surface area contributed by atoms with E-state index in [9.17, 15) is 4.39 Å². The summed E-state index contributed by atoms with van der Waals surface area (Å²) in [6, 6.07) is 4.26. The van der Waals surface area contributed by atoms with Gasteiger partial charge in [-0.2, -0.15) is 4.80 Å². The van der Waals surface area contributed by atoms with Crippen molar-refractivity contribution in [3.8, 4) is 11.4 Å². The first-order valence-electron chi connectivity index (χ1n) is 6.92. The van der Waals surface area contributed by atoms with Gasteiger partial charge in [-0.3, -0.25) is 0 Å². The van der Waals surface area contributed by atoms with Gasteiger partial charge in [-0.15, -0.1) is 10.2 Å². The number of hydrogen-bond donors (Lipinski definition) is 0. The van der Waals surface area contributed by atoms with E-state index in [2.05, 4.69) is 41.4 Å². The van der Waals surface area contributed by atoms with Crippen molar-refractivity contribution < 1.29 is 4.39 Å². The number of benzene rings is 1. The topological polar surface area (TPSA) is 43.6 Å². The normalized spacial score (nSPS) is 25.6. The first kappa shape index (κ1) is 13.2. The summed E-state index contributed by atoms with van der Waals surface area (Å²) >= 11 is 0. The monoisotopic (exact) mass is 274 g/mol. The summed E-state index contributed by atoms with van der Waals surface area (Å²) in [6.07, 6.45) is 0.934. The Morgan fingerprint density at radius 2 is 1.80 bits per heavy atom. The van der Waals surface area contributed by atoms with Crippen molar-refractivity contribution in [3.05, 3.63) is 28.8 Å². The highest BCUT2D eigenvalue weighted by atomic mass is 19.1. The van der Waals surface area contributed by atoms with Gasteiger partial charge in [0.25, 0.3) is 0 Å². The number of hydrogen-bond acceptors (Lipinski definition) is 3. The summed E-state index contributed by atoms with van der Waals surface area (Å²) in [5, 5.41) is 12.6. The molecule has 106 valence electrons. The van der Waals surface area contributed by atoms with Gasteiger partial charge in [0.05, 0.1) is 6.04 Å². The third kappa shape index (κ3) is 2.21. The van der Waals surface area contributed by atoms with Crippen LogP contribution in [0, 0.1) is 20.8 Å². The lowest BCUT2D eigenvalue weighted by Crippen LogP contribution is -2.39. The Bertz CT molecular complexity index is 652. The minimum atomic E-state index is -1.07. The molecule has 1 saturated carbocycles. The largest absolute Gasteiger partial charge is 0.244 e. The number of tetrazole rings is 1. The van der Waals surface area contributed by atoms with Crippen LogP contribution in [0.2, 0.25) is 0 Å². The zero-order chi connectivity index (χ0) is 14.5. The number of aryl methyl sites for hydroxylation is 3. The van der Waals surface area contributed by atoms with Gasteiger partial charge >= 0.3 is 0 Å². The van der Waals surface area contributed by atoms with Gasteiger partial charge in [0.1, 0.15) is 5.67 Å². The van der Waals surface area contributed by atoms with Crippen molar-refractivity contribution in [2.24, 2.45) is 0 Å². The molecule has 0 radical (unpaired) electrons. The van der Waals surface area contributed by atoms with Gasteiger partial charge in [-0.1, -0.05) is 6.07 Å². The lowest BCUT2D eigenvalue weighted by Gasteiger charge is -2.37. The second kappa shape index (κ2) is 4.36. The van der Waals surface area contributed by atoms with Gasteiger partial charge in [-0.05, 0) is 55.7 Å². The molecule has 0 amide bonds. The van der Waals surface area contributed by atoms with Crippen LogP contribution in [0.5, 0.6) is 0 Å². The summed E-state index contributed by atoms with van der Waals surface area (Å²) in [6.45, 7) is 7.83. The van der Waals surface area contributed by atoms with Gasteiger partial charge in [-0.25, -0.2) is 4.39 Å². The molecule has 2 aromatic rings. The van der Waals surface area contributed by atoms with Crippen LogP contribution in [0.1, 0.15) is 42.5 Å². The zero-order valence-electron chi connectivity index (χ0n) is 12.3. The van der Waals surface area contributed by atoms with E-state index in [1.54, 1.807) is 11.7 Å². The summed E-state index contributed by atoms with van der Waals surface area (Å²) in [7, 11) is 0. The Kier molecular flexibility index (Phi) is 2.88. The van der Waals surface area contributed by atoms with E-state index < -0.39 is 5.67 Å². The Balaban J connectivity index is 1.89. The number of aromatic nitrogens is 4. The fraction of sp³-hybridized carbons (Fsp3) is 0.533. The molecule has 1 fully saturated rings. The standard InChI is InChI=1S/C15H19FN4/c1-9-5-11(3)13(6-10(9)2)14-17-19-20(18-14)12-7-15(4,16)8-12/h5-6,12H,7-8H2,1-4H3. The molecule has 1 aliphatic carbocycles.